The summed E-state index contributed by atoms with van der Waals surface area (Å²) in [4.78, 5) is 36.7. The monoisotopic (exact) mass is 476 g/mol. The molecule has 2 fully saturated rings. The van der Waals surface area contributed by atoms with Crippen LogP contribution in [0.3, 0.4) is 0 Å². The lowest BCUT2D eigenvalue weighted by molar-refractivity contribution is -0.142. The Morgan fingerprint density at radius 3 is 2.20 bits per heavy atom. The molecular formula is C28H32N2O5. The Balaban J connectivity index is 1.14. The second-order valence-corrected chi connectivity index (χ2v) is 10.3. The summed E-state index contributed by atoms with van der Waals surface area (Å²) in [7, 11) is 0. The number of carbonyl (C=O) groups excluding carboxylic acids is 2. The third-order valence-corrected chi connectivity index (χ3v) is 8.08. The van der Waals surface area contributed by atoms with Crippen molar-refractivity contribution >= 4 is 18.0 Å². The van der Waals surface area contributed by atoms with E-state index in [9.17, 15) is 19.5 Å². The molecule has 2 saturated carbocycles. The molecule has 3 aliphatic carbocycles. The molecule has 3 aliphatic rings. The highest BCUT2D eigenvalue weighted by Gasteiger charge is 2.41. The molecule has 0 aromatic heterocycles. The van der Waals surface area contributed by atoms with E-state index in [4.69, 9.17) is 4.74 Å². The van der Waals surface area contributed by atoms with Gasteiger partial charge in [-0.1, -0.05) is 61.4 Å². The summed E-state index contributed by atoms with van der Waals surface area (Å²) in [5, 5.41) is 15.2. The molecule has 2 aromatic rings. The van der Waals surface area contributed by atoms with E-state index < -0.39 is 18.0 Å². The number of alkyl carbamates (subject to hydrolysis) is 1. The molecule has 0 aliphatic heterocycles. The zero-order chi connectivity index (χ0) is 24.4. The van der Waals surface area contributed by atoms with E-state index in [0.29, 0.717) is 25.8 Å². The Kier molecular flexibility index (Phi) is 6.50. The molecule has 184 valence electrons. The maximum absolute atomic E-state index is 12.7. The lowest BCUT2D eigenvalue weighted by Crippen LogP contribution is -2.48. The van der Waals surface area contributed by atoms with Gasteiger partial charge in [0, 0.05) is 24.9 Å². The van der Waals surface area contributed by atoms with Crippen LogP contribution in [-0.4, -0.2) is 42.3 Å². The number of amides is 2. The van der Waals surface area contributed by atoms with Crippen molar-refractivity contribution in [3.63, 3.8) is 0 Å². The van der Waals surface area contributed by atoms with Crippen molar-refractivity contribution in [3.05, 3.63) is 59.7 Å². The number of carbonyl (C=O) groups is 3. The number of aliphatic carboxylic acids is 1. The molecule has 35 heavy (non-hydrogen) atoms. The molecule has 0 heterocycles. The molecule has 5 rings (SSSR count). The number of benzene rings is 2. The predicted molar refractivity (Wildman–Crippen MR) is 131 cm³/mol. The van der Waals surface area contributed by atoms with Crippen LogP contribution in [0.25, 0.3) is 11.1 Å². The minimum Gasteiger partial charge on any atom is -0.481 e. The first kappa shape index (κ1) is 23.4. The zero-order valence-electron chi connectivity index (χ0n) is 19.8. The largest absolute Gasteiger partial charge is 0.481 e. The third-order valence-electron chi connectivity index (χ3n) is 8.08. The van der Waals surface area contributed by atoms with Crippen molar-refractivity contribution in [2.24, 2.45) is 11.3 Å². The smallest absolute Gasteiger partial charge is 0.407 e. The van der Waals surface area contributed by atoms with E-state index in [1.165, 1.54) is 22.3 Å². The van der Waals surface area contributed by atoms with Gasteiger partial charge in [0.25, 0.3) is 0 Å². The number of fused-ring (bicyclic) bond motifs is 3. The molecular weight excluding hydrogens is 444 g/mol. The number of carboxylic acids is 1. The molecule has 7 heteroatoms. The second kappa shape index (κ2) is 9.72. The molecule has 2 aromatic carbocycles. The molecule has 0 unspecified atom stereocenters. The summed E-state index contributed by atoms with van der Waals surface area (Å²) in [6, 6.07) is 16.1. The van der Waals surface area contributed by atoms with Gasteiger partial charge < -0.3 is 20.5 Å². The summed E-state index contributed by atoms with van der Waals surface area (Å²) >= 11 is 0. The maximum atomic E-state index is 12.7. The first-order valence-electron chi connectivity index (χ1n) is 12.6. The lowest BCUT2D eigenvalue weighted by atomic mass is 9.66. The van der Waals surface area contributed by atoms with Gasteiger partial charge in [0.1, 0.15) is 6.61 Å². The fraction of sp³-hybridized carbons (Fsp3) is 0.464. The number of ether oxygens (including phenoxy) is 1. The van der Waals surface area contributed by atoms with Crippen molar-refractivity contribution in [2.75, 3.05) is 13.2 Å². The summed E-state index contributed by atoms with van der Waals surface area (Å²) in [5.74, 6) is -1.47. The summed E-state index contributed by atoms with van der Waals surface area (Å²) in [6.45, 7) is 0.635. The van der Waals surface area contributed by atoms with Gasteiger partial charge in [0.05, 0.1) is 5.92 Å². The van der Waals surface area contributed by atoms with Crippen LogP contribution in [0.4, 0.5) is 4.79 Å². The van der Waals surface area contributed by atoms with Crippen LogP contribution in [-0.2, 0) is 14.3 Å². The molecule has 0 bridgehead atoms. The van der Waals surface area contributed by atoms with Crippen molar-refractivity contribution in [2.45, 2.75) is 56.9 Å². The number of hydrogen-bond acceptors (Lipinski definition) is 4. The molecule has 2 atom stereocenters. The fourth-order valence-electron chi connectivity index (χ4n) is 6.03. The minimum atomic E-state index is -0.844. The van der Waals surface area contributed by atoms with E-state index in [1.54, 1.807) is 0 Å². The third kappa shape index (κ3) is 4.77. The van der Waals surface area contributed by atoms with Gasteiger partial charge in [0.2, 0.25) is 5.91 Å². The van der Waals surface area contributed by atoms with Gasteiger partial charge >= 0.3 is 12.1 Å². The predicted octanol–water partition coefficient (Wildman–Crippen LogP) is 4.46. The first-order valence-corrected chi connectivity index (χ1v) is 12.6. The second-order valence-electron chi connectivity index (χ2n) is 10.3. The van der Waals surface area contributed by atoms with Crippen LogP contribution in [0.5, 0.6) is 0 Å². The summed E-state index contributed by atoms with van der Waals surface area (Å²) < 4.78 is 5.64. The minimum absolute atomic E-state index is 0.00480. The van der Waals surface area contributed by atoms with Gasteiger partial charge in [-0.25, -0.2) is 4.79 Å². The normalized spacial score (nSPS) is 21.9. The molecule has 0 saturated heterocycles. The number of carboxylic acid groups (broad SMARTS) is 1. The Labute approximate surface area is 205 Å². The fourth-order valence-corrected chi connectivity index (χ4v) is 6.03. The average molecular weight is 477 g/mol. The highest BCUT2D eigenvalue weighted by molar-refractivity contribution is 5.80. The standard InChI is InChI=1S/C28H32N2O5/c31-25(30-24-12-5-11-22(24)26(32)33)15-28(13-6-14-28)17-29-27(34)35-16-23-20-9-3-1-7-18(20)19-8-2-4-10-21(19)23/h1-4,7-10,22-24H,5-6,11-17H2,(H,29,34)(H,30,31)(H,32,33)/t22-,24+/m0/s1. The van der Waals surface area contributed by atoms with E-state index in [1.807, 2.05) is 24.3 Å². The van der Waals surface area contributed by atoms with Crippen LogP contribution in [0.1, 0.15) is 62.0 Å². The van der Waals surface area contributed by atoms with E-state index in [-0.39, 0.29) is 29.9 Å². The van der Waals surface area contributed by atoms with Crippen LogP contribution in [0.15, 0.2) is 48.5 Å². The molecule has 0 radical (unpaired) electrons. The molecule has 3 N–H and O–H groups in total. The van der Waals surface area contributed by atoms with Crippen molar-refractivity contribution in [3.8, 4) is 11.1 Å². The van der Waals surface area contributed by atoms with Crippen molar-refractivity contribution < 1.29 is 24.2 Å². The van der Waals surface area contributed by atoms with Crippen LogP contribution < -0.4 is 10.6 Å². The maximum Gasteiger partial charge on any atom is 0.407 e. The van der Waals surface area contributed by atoms with Crippen LogP contribution in [0.2, 0.25) is 0 Å². The Morgan fingerprint density at radius 1 is 0.943 bits per heavy atom. The highest BCUT2D eigenvalue weighted by atomic mass is 16.5. The van der Waals surface area contributed by atoms with Gasteiger partial charge in [-0.15, -0.1) is 0 Å². The Hall–Kier alpha value is -3.35. The molecule has 2 amide bonds. The van der Waals surface area contributed by atoms with Gasteiger partial charge in [-0.2, -0.15) is 0 Å². The lowest BCUT2D eigenvalue weighted by Gasteiger charge is -2.41. The van der Waals surface area contributed by atoms with Gasteiger partial charge in [0.15, 0.2) is 0 Å². The zero-order valence-corrected chi connectivity index (χ0v) is 19.8. The van der Waals surface area contributed by atoms with Gasteiger partial charge in [-0.3, -0.25) is 9.59 Å². The first-order chi connectivity index (χ1) is 17.0. The number of rotatable bonds is 8. The van der Waals surface area contributed by atoms with E-state index in [0.717, 1.165) is 25.7 Å². The van der Waals surface area contributed by atoms with E-state index >= 15 is 0 Å². The van der Waals surface area contributed by atoms with Crippen molar-refractivity contribution in [1.29, 1.82) is 0 Å². The SMILES string of the molecule is O=C(CC1(CNC(=O)OCC2c3ccccc3-c3ccccc32)CCC1)N[C@@H]1CCC[C@@H]1C(=O)O. The van der Waals surface area contributed by atoms with Crippen molar-refractivity contribution in [1.82, 2.24) is 10.6 Å². The van der Waals surface area contributed by atoms with Gasteiger partial charge in [-0.05, 0) is 53.4 Å². The van der Waals surface area contributed by atoms with Crippen LogP contribution >= 0.6 is 0 Å². The molecule has 0 spiro atoms. The quantitative estimate of drug-likeness (QED) is 0.522. The number of nitrogens with one attached hydrogen (secondary N) is 2. The Bertz CT molecular complexity index is 1080. The van der Waals surface area contributed by atoms with E-state index in [2.05, 4.69) is 34.9 Å². The summed E-state index contributed by atoms with van der Waals surface area (Å²) in [5.41, 5.74) is 4.42. The summed E-state index contributed by atoms with van der Waals surface area (Å²) in [6.07, 6.45) is 4.67. The number of hydrogen-bond donors (Lipinski definition) is 3. The van der Waals surface area contributed by atoms with Crippen LogP contribution in [0, 0.1) is 11.3 Å². The molecule has 7 nitrogen and oxygen atoms in total. The average Bonchev–Trinajstić information content (AvgIpc) is 3.42. The Morgan fingerprint density at radius 2 is 1.60 bits per heavy atom. The topological polar surface area (TPSA) is 105 Å². The highest BCUT2D eigenvalue weighted by Crippen LogP contribution is 2.45.